The molecule has 1 rings (SSSR count). The summed E-state index contributed by atoms with van der Waals surface area (Å²) in [4.78, 5) is 14.0. The molecule has 114 valence electrons. The van der Waals surface area contributed by atoms with Crippen LogP contribution in [0, 0.1) is 0 Å². The van der Waals surface area contributed by atoms with Crippen molar-refractivity contribution in [3.8, 4) is 11.5 Å². The van der Waals surface area contributed by atoms with Crippen LogP contribution in [-0.2, 0) is 4.79 Å². The zero-order chi connectivity index (χ0) is 15.7. The van der Waals surface area contributed by atoms with Gasteiger partial charge in [-0.2, -0.15) is 0 Å². The molecule has 0 radical (unpaired) electrons. The molecule has 8 heteroatoms. The molecule has 21 heavy (non-hydrogen) atoms. The van der Waals surface area contributed by atoms with Crippen LogP contribution in [0.2, 0.25) is 0 Å². The van der Waals surface area contributed by atoms with E-state index in [1.807, 2.05) is 0 Å². The molecule has 0 aromatic heterocycles. The molecule has 0 fully saturated rings. The lowest BCUT2D eigenvalue weighted by Gasteiger charge is -2.16. The molecule has 1 aromatic rings. The molecule has 1 atom stereocenters. The Kier molecular flexibility index (Phi) is 6.86. The first-order valence-electron chi connectivity index (χ1n) is 6.32. The highest BCUT2D eigenvalue weighted by atomic mass is 16.5. The van der Waals surface area contributed by atoms with Gasteiger partial charge in [-0.1, -0.05) is 5.11 Å². The zero-order valence-electron chi connectivity index (χ0n) is 11.9. The van der Waals surface area contributed by atoms with Gasteiger partial charge < -0.3 is 19.9 Å². The van der Waals surface area contributed by atoms with Crippen LogP contribution in [0.1, 0.15) is 18.0 Å². The molecule has 1 aromatic carbocycles. The summed E-state index contributed by atoms with van der Waals surface area (Å²) in [5.41, 5.74) is 8.70. The van der Waals surface area contributed by atoms with Gasteiger partial charge in [0.15, 0.2) is 0 Å². The fraction of sp³-hybridized carbons (Fsp3) is 0.462. The van der Waals surface area contributed by atoms with Crippen LogP contribution in [0.5, 0.6) is 11.5 Å². The van der Waals surface area contributed by atoms with E-state index in [0.717, 1.165) is 0 Å². The maximum absolute atomic E-state index is 11.4. The summed E-state index contributed by atoms with van der Waals surface area (Å²) in [6.45, 7) is 0.729. The Morgan fingerprint density at radius 3 is 2.48 bits per heavy atom. The Morgan fingerprint density at radius 2 is 2.00 bits per heavy atom. The van der Waals surface area contributed by atoms with Crippen LogP contribution in [-0.4, -0.2) is 38.4 Å². The van der Waals surface area contributed by atoms with Crippen molar-refractivity contribution in [2.24, 2.45) is 5.11 Å². The maximum atomic E-state index is 11.4. The predicted molar refractivity (Wildman–Crippen MR) is 76.6 cm³/mol. The Labute approximate surface area is 122 Å². The summed E-state index contributed by atoms with van der Waals surface area (Å²) >= 11 is 0. The smallest absolute Gasteiger partial charge is 0.325 e. The van der Waals surface area contributed by atoms with Crippen molar-refractivity contribution in [3.63, 3.8) is 0 Å². The molecule has 0 aliphatic heterocycles. The molecule has 0 spiro atoms. The van der Waals surface area contributed by atoms with E-state index in [1.165, 1.54) is 14.2 Å². The van der Waals surface area contributed by atoms with Crippen LogP contribution < -0.4 is 14.8 Å². The number of rotatable bonds is 9. The van der Waals surface area contributed by atoms with Crippen molar-refractivity contribution < 1.29 is 19.4 Å². The molecule has 8 nitrogen and oxygen atoms in total. The Morgan fingerprint density at radius 1 is 1.38 bits per heavy atom. The van der Waals surface area contributed by atoms with Gasteiger partial charge in [-0.25, -0.2) is 0 Å². The van der Waals surface area contributed by atoms with Crippen LogP contribution in [0.25, 0.3) is 10.4 Å². The number of nitrogens with zero attached hydrogens (tertiary/aromatic N) is 3. The molecule has 0 bridgehead atoms. The highest BCUT2D eigenvalue weighted by molar-refractivity contribution is 5.76. The number of aliphatic carboxylic acids is 1. The molecule has 2 N–H and O–H groups in total. The summed E-state index contributed by atoms with van der Waals surface area (Å²) in [5, 5.41) is 15.6. The monoisotopic (exact) mass is 294 g/mol. The van der Waals surface area contributed by atoms with Gasteiger partial charge in [0.05, 0.1) is 14.2 Å². The Hall–Kier alpha value is -2.44. The molecular formula is C13H18N4O4. The summed E-state index contributed by atoms with van der Waals surface area (Å²) in [6.07, 6.45) is 0.551. The second-order valence-corrected chi connectivity index (χ2v) is 4.18. The lowest BCUT2D eigenvalue weighted by atomic mass is 10.1. The summed E-state index contributed by atoms with van der Waals surface area (Å²) in [6, 6.07) is 4.06. The van der Waals surface area contributed by atoms with Crippen molar-refractivity contribution in [1.29, 1.82) is 0 Å². The molecule has 0 aliphatic rings. The number of ether oxygens (including phenoxy) is 2. The van der Waals surface area contributed by atoms with Gasteiger partial charge in [-0.15, -0.1) is 0 Å². The molecule has 0 saturated heterocycles. The molecule has 0 saturated carbocycles. The Bertz CT molecular complexity index is 507. The van der Waals surface area contributed by atoms with Gasteiger partial charge in [0.1, 0.15) is 17.5 Å². The lowest BCUT2D eigenvalue weighted by molar-refractivity contribution is -0.139. The molecule has 0 amide bonds. The second kappa shape index (κ2) is 8.68. The van der Waals surface area contributed by atoms with Gasteiger partial charge in [0.2, 0.25) is 0 Å². The highest BCUT2D eigenvalue weighted by Crippen LogP contribution is 2.26. The minimum Gasteiger partial charge on any atom is -0.497 e. The number of carboxylic acids is 1. The number of methoxy groups -OCH3 is 2. The quantitative estimate of drug-likeness (QED) is 0.313. The van der Waals surface area contributed by atoms with Crippen LogP contribution in [0.15, 0.2) is 23.3 Å². The van der Waals surface area contributed by atoms with Crippen molar-refractivity contribution >= 4 is 5.97 Å². The summed E-state index contributed by atoms with van der Waals surface area (Å²) in [5.74, 6) is 0.0343. The van der Waals surface area contributed by atoms with Gasteiger partial charge in [-0.3, -0.25) is 4.79 Å². The predicted octanol–water partition coefficient (Wildman–Crippen LogP) is 2.12. The number of hydrogen-bond acceptors (Lipinski definition) is 5. The molecule has 0 aliphatic carbocycles. The van der Waals surface area contributed by atoms with Crippen molar-refractivity contribution in [3.05, 3.63) is 34.2 Å². The fourth-order valence-electron chi connectivity index (χ4n) is 1.78. The van der Waals surface area contributed by atoms with E-state index < -0.39 is 12.0 Å². The second-order valence-electron chi connectivity index (χ2n) is 4.18. The summed E-state index contributed by atoms with van der Waals surface area (Å²) < 4.78 is 10.3. The van der Waals surface area contributed by atoms with E-state index in [9.17, 15) is 9.90 Å². The van der Waals surface area contributed by atoms with E-state index in [2.05, 4.69) is 15.3 Å². The van der Waals surface area contributed by atoms with Gasteiger partial charge in [0.25, 0.3) is 0 Å². The first-order chi connectivity index (χ1) is 10.1. The van der Waals surface area contributed by atoms with Crippen molar-refractivity contribution in [1.82, 2.24) is 5.32 Å². The minimum absolute atomic E-state index is 0.317. The molecular weight excluding hydrogens is 276 g/mol. The van der Waals surface area contributed by atoms with E-state index in [-0.39, 0.29) is 0 Å². The number of carbonyl (C=O) groups is 1. The number of hydrogen-bond donors (Lipinski definition) is 2. The SMILES string of the molecule is COc1cc(OC)cc(C(NCCCN=[N+]=[N-])C(=O)O)c1. The van der Waals surface area contributed by atoms with Crippen LogP contribution in [0.3, 0.4) is 0 Å². The van der Waals surface area contributed by atoms with E-state index in [1.54, 1.807) is 18.2 Å². The van der Waals surface area contributed by atoms with Gasteiger partial charge in [-0.05, 0) is 36.2 Å². The highest BCUT2D eigenvalue weighted by Gasteiger charge is 2.20. The average Bonchev–Trinajstić information content (AvgIpc) is 2.49. The third-order valence-corrected chi connectivity index (χ3v) is 2.80. The number of nitrogens with one attached hydrogen (secondary N) is 1. The number of carboxylic acid groups (broad SMARTS) is 1. The molecule has 0 heterocycles. The van der Waals surface area contributed by atoms with E-state index in [4.69, 9.17) is 15.0 Å². The zero-order valence-corrected chi connectivity index (χ0v) is 11.9. The van der Waals surface area contributed by atoms with Crippen molar-refractivity contribution in [2.75, 3.05) is 27.3 Å². The Balaban J connectivity index is 2.84. The van der Waals surface area contributed by atoms with E-state index >= 15 is 0 Å². The van der Waals surface area contributed by atoms with Crippen molar-refractivity contribution in [2.45, 2.75) is 12.5 Å². The van der Waals surface area contributed by atoms with Crippen LogP contribution >= 0.6 is 0 Å². The number of benzene rings is 1. The van der Waals surface area contributed by atoms with Crippen LogP contribution in [0.4, 0.5) is 0 Å². The first-order valence-corrected chi connectivity index (χ1v) is 6.32. The normalized spacial score (nSPS) is 11.3. The lowest BCUT2D eigenvalue weighted by Crippen LogP contribution is -2.29. The van der Waals surface area contributed by atoms with E-state index in [0.29, 0.717) is 36.6 Å². The standard InChI is InChI=1S/C13H18N4O4/c1-20-10-6-9(7-11(8-10)21-2)12(13(18)19)15-4-3-5-16-17-14/h6-8,12,15H,3-5H2,1-2H3,(H,18,19). The first kappa shape index (κ1) is 16.6. The average molecular weight is 294 g/mol. The minimum atomic E-state index is -1.01. The number of azide groups is 1. The largest absolute Gasteiger partial charge is 0.497 e. The topological polar surface area (TPSA) is 117 Å². The van der Waals surface area contributed by atoms with Gasteiger partial charge in [0, 0.05) is 17.5 Å². The fourth-order valence-corrected chi connectivity index (χ4v) is 1.78. The third kappa shape index (κ3) is 5.21. The third-order valence-electron chi connectivity index (χ3n) is 2.80. The summed E-state index contributed by atoms with van der Waals surface area (Å²) in [7, 11) is 3.00. The van der Waals surface area contributed by atoms with Gasteiger partial charge >= 0.3 is 5.97 Å². The maximum Gasteiger partial charge on any atom is 0.325 e. The molecule has 1 unspecified atom stereocenters.